The molecule has 0 aromatic heterocycles. The molecular weight excluding hydrogens is 219 g/mol. The summed E-state index contributed by atoms with van der Waals surface area (Å²) in [4.78, 5) is 2.07. The van der Waals surface area contributed by atoms with Crippen molar-refractivity contribution in [3.8, 4) is 0 Å². The fraction of sp³-hybridized carbons (Fsp3) is 0.538. The van der Waals surface area contributed by atoms with Gasteiger partial charge in [-0.05, 0) is 37.6 Å². The second kappa shape index (κ2) is 6.69. The summed E-state index contributed by atoms with van der Waals surface area (Å²) in [5.74, 6) is -0.163. The van der Waals surface area contributed by atoms with Crippen LogP contribution < -0.4 is 5.73 Å². The highest BCUT2D eigenvalue weighted by Gasteiger charge is 2.06. The first-order valence-electron chi connectivity index (χ1n) is 5.83. The Kier molecular flexibility index (Phi) is 5.55. The highest BCUT2D eigenvalue weighted by atomic mass is 19.1. The highest BCUT2D eigenvalue weighted by molar-refractivity contribution is 5.24. The highest BCUT2D eigenvalue weighted by Crippen LogP contribution is 2.10. The van der Waals surface area contributed by atoms with E-state index in [0.29, 0.717) is 12.1 Å². The molecule has 4 heteroatoms. The van der Waals surface area contributed by atoms with Crippen molar-refractivity contribution < 1.29 is 9.50 Å². The van der Waals surface area contributed by atoms with Gasteiger partial charge < -0.3 is 15.7 Å². The van der Waals surface area contributed by atoms with Crippen molar-refractivity contribution in [2.24, 2.45) is 5.73 Å². The van der Waals surface area contributed by atoms with Crippen LogP contribution in [0.5, 0.6) is 0 Å². The Morgan fingerprint density at radius 3 is 2.76 bits per heavy atom. The van der Waals surface area contributed by atoms with Gasteiger partial charge in [0.15, 0.2) is 0 Å². The molecule has 1 rings (SSSR count). The minimum absolute atomic E-state index is 0.00000360. The summed E-state index contributed by atoms with van der Waals surface area (Å²) in [7, 11) is 1.96. The molecule has 3 nitrogen and oxygen atoms in total. The number of nitrogens with two attached hydrogens (primary N) is 1. The van der Waals surface area contributed by atoms with E-state index in [0.717, 1.165) is 18.5 Å². The first-order valence-corrected chi connectivity index (χ1v) is 5.83. The molecule has 0 amide bonds. The van der Waals surface area contributed by atoms with E-state index in [1.54, 1.807) is 6.92 Å². The maximum absolute atomic E-state index is 13.1. The second-order valence-corrected chi connectivity index (χ2v) is 4.54. The molecular formula is C13H21FN2O. The lowest BCUT2D eigenvalue weighted by Crippen LogP contribution is -2.38. The zero-order valence-electron chi connectivity index (χ0n) is 10.5. The van der Waals surface area contributed by atoms with Crippen molar-refractivity contribution in [3.63, 3.8) is 0 Å². The molecule has 0 spiro atoms. The number of hydrogen-bond donors (Lipinski definition) is 2. The third-order valence-corrected chi connectivity index (χ3v) is 2.79. The Hall–Kier alpha value is -0.970. The maximum Gasteiger partial charge on any atom is 0.126 e. The lowest BCUT2D eigenvalue weighted by atomic mass is 10.1. The fourth-order valence-corrected chi connectivity index (χ4v) is 1.73. The van der Waals surface area contributed by atoms with Gasteiger partial charge in [0, 0.05) is 19.1 Å². The molecule has 0 heterocycles. The molecule has 1 aromatic rings. The van der Waals surface area contributed by atoms with Crippen LogP contribution in [0.1, 0.15) is 11.1 Å². The van der Waals surface area contributed by atoms with Crippen LogP contribution in [0.4, 0.5) is 4.39 Å². The Labute approximate surface area is 102 Å². The van der Waals surface area contributed by atoms with Gasteiger partial charge in [-0.25, -0.2) is 4.39 Å². The van der Waals surface area contributed by atoms with Crippen molar-refractivity contribution >= 4 is 0 Å². The first kappa shape index (κ1) is 14.1. The van der Waals surface area contributed by atoms with Crippen LogP contribution in [0.2, 0.25) is 0 Å². The lowest BCUT2D eigenvalue weighted by Gasteiger charge is -2.19. The number of aliphatic hydroxyl groups excluding tert-OH is 1. The molecule has 1 aromatic carbocycles. The Bertz CT molecular complexity index is 357. The molecule has 0 fully saturated rings. The minimum atomic E-state index is -0.199. The normalized spacial score (nSPS) is 13.1. The van der Waals surface area contributed by atoms with Gasteiger partial charge in [-0.15, -0.1) is 0 Å². The Balaban J connectivity index is 2.42. The molecule has 0 aliphatic heterocycles. The number of aryl methyl sites for hydroxylation is 1. The number of halogens is 1. The van der Waals surface area contributed by atoms with E-state index in [1.807, 2.05) is 19.2 Å². The molecule has 0 saturated carbocycles. The zero-order chi connectivity index (χ0) is 12.8. The summed E-state index contributed by atoms with van der Waals surface area (Å²) >= 11 is 0. The fourth-order valence-electron chi connectivity index (χ4n) is 1.73. The van der Waals surface area contributed by atoms with E-state index in [2.05, 4.69) is 4.90 Å². The summed E-state index contributed by atoms with van der Waals surface area (Å²) in [6.45, 7) is 3.28. The summed E-state index contributed by atoms with van der Waals surface area (Å²) in [6.07, 6.45) is 0.857. The van der Waals surface area contributed by atoms with Crippen LogP contribution in [0.3, 0.4) is 0 Å². The number of likely N-dealkylation sites (N-methyl/N-ethyl adjacent to an activating group) is 1. The number of benzene rings is 1. The van der Waals surface area contributed by atoms with Gasteiger partial charge in [-0.1, -0.05) is 12.1 Å². The van der Waals surface area contributed by atoms with Crippen LogP contribution in [0, 0.1) is 12.7 Å². The van der Waals surface area contributed by atoms with Gasteiger partial charge in [0.05, 0.1) is 6.61 Å². The van der Waals surface area contributed by atoms with E-state index in [-0.39, 0.29) is 18.5 Å². The van der Waals surface area contributed by atoms with E-state index in [4.69, 9.17) is 10.8 Å². The molecule has 0 bridgehead atoms. The molecule has 17 heavy (non-hydrogen) atoms. The average Bonchev–Trinajstić information content (AvgIpc) is 2.30. The number of nitrogens with zero attached hydrogens (tertiary/aromatic N) is 1. The topological polar surface area (TPSA) is 49.5 Å². The molecule has 0 aliphatic rings. The van der Waals surface area contributed by atoms with Crippen LogP contribution >= 0.6 is 0 Å². The van der Waals surface area contributed by atoms with Gasteiger partial charge in [0.2, 0.25) is 0 Å². The van der Waals surface area contributed by atoms with Crippen LogP contribution in [-0.4, -0.2) is 42.8 Å². The van der Waals surface area contributed by atoms with Crippen molar-refractivity contribution in [3.05, 3.63) is 35.1 Å². The molecule has 0 radical (unpaired) electrons. The zero-order valence-corrected chi connectivity index (χ0v) is 10.5. The van der Waals surface area contributed by atoms with Gasteiger partial charge in [0.25, 0.3) is 0 Å². The molecule has 1 atom stereocenters. The molecule has 3 N–H and O–H groups in total. The van der Waals surface area contributed by atoms with Crippen molar-refractivity contribution in [1.29, 1.82) is 0 Å². The molecule has 96 valence electrons. The summed E-state index contributed by atoms with van der Waals surface area (Å²) in [5, 5.41) is 8.84. The van der Waals surface area contributed by atoms with Crippen LogP contribution in [0.15, 0.2) is 18.2 Å². The average molecular weight is 240 g/mol. The second-order valence-electron chi connectivity index (χ2n) is 4.54. The molecule has 1 unspecified atom stereocenters. The van der Waals surface area contributed by atoms with Crippen molar-refractivity contribution in [2.45, 2.75) is 19.4 Å². The predicted octanol–water partition coefficient (Wildman–Crippen LogP) is 0.928. The van der Waals surface area contributed by atoms with Crippen molar-refractivity contribution in [1.82, 2.24) is 4.90 Å². The standard InChI is InChI=1S/C13H21FN2O/c1-10-7-11(3-4-13(10)14)5-6-16(2)8-12(15)9-17/h3-4,7,12,17H,5-6,8-9,15H2,1-2H3. The SMILES string of the molecule is Cc1cc(CCN(C)CC(N)CO)ccc1F. The largest absolute Gasteiger partial charge is 0.395 e. The van der Waals surface area contributed by atoms with Crippen LogP contribution in [-0.2, 0) is 6.42 Å². The maximum atomic E-state index is 13.1. The lowest BCUT2D eigenvalue weighted by molar-refractivity contribution is 0.222. The monoisotopic (exact) mass is 240 g/mol. The summed E-state index contributed by atoms with van der Waals surface area (Å²) in [6, 6.07) is 4.98. The van der Waals surface area contributed by atoms with E-state index >= 15 is 0 Å². The summed E-state index contributed by atoms with van der Waals surface area (Å²) in [5.41, 5.74) is 7.44. The smallest absolute Gasteiger partial charge is 0.126 e. The van der Waals surface area contributed by atoms with Gasteiger partial charge >= 0.3 is 0 Å². The van der Waals surface area contributed by atoms with Gasteiger partial charge in [0.1, 0.15) is 5.82 Å². The Morgan fingerprint density at radius 2 is 2.18 bits per heavy atom. The third kappa shape index (κ3) is 4.81. The van der Waals surface area contributed by atoms with E-state index in [1.165, 1.54) is 6.07 Å². The quantitative estimate of drug-likeness (QED) is 0.777. The predicted molar refractivity (Wildman–Crippen MR) is 67.4 cm³/mol. The Morgan fingerprint density at radius 1 is 1.47 bits per heavy atom. The molecule has 0 saturated heterocycles. The number of aliphatic hydroxyl groups is 1. The van der Waals surface area contributed by atoms with Gasteiger partial charge in [-0.3, -0.25) is 0 Å². The van der Waals surface area contributed by atoms with Gasteiger partial charge in [-0.2, -0.15) is 0 Å². The van der Waals surface area contributed by atoms with Crippen molar-refractivity contribution in [2.75, 3.05) is 26.7 Å². The van der Waals surface area contributed by atoms with E-state index < -0.39 is 0 Å². The minimum Gasteiger partial charge on any atom is -0.395 e. The number of rotatable bonds is 6. The summed E-state index contributed by atoms with van der Waals surface area (Å²) < 4.78 is 13.1. The third-order valence-electron chi connectivity index (χ3n) is 2.79. The molecule has 0 aliphatic carbocycles. The number of hydrogen-bond acceptors (Lipinski definition) is 3. The van der Waals surface area contributed by atoms with E-state index in [9.17, 15) is 4.39 Å². The first-order chi connectivity index (χ1) is 8.02. The van der Waals surface area contributed by atoms with Crippen LogP contribution in [0.25, 0.3) is 0 Å².